The number of hydrogen-bond acceptors (Lipinski definition) is 6. The molecule has 0 atom stereocenters. The average molecular weight is 338 g/mol. The molecular formula is C14H14N2O4S2. The third kappa shape index (κ3) is 4.68. The van der Waals surface area contributed by atoms with Crippen LogP contribution < -0.4 is 11.1 Å². The van der Waals surface area contributed by atoms with E-state index in [1.54, 1.807) is 16.7 Å². The minimum absolute atomic E-state index is 0.222. The monoisotopic (exact) mass is 338 g/mol. The minimum atomic E-state index is -0.621. The minimum Gasteiger partial charge on any atom is -0.456 e. The Labute approximate surface area is 134 Å². The van der Waals surface area contributed by atoms with Gasteiger partial charge >= 0.3 is 5.97 Å². The van der Waals surface area contributed by atoms with E-state index in [4.69, 9.17) is 10.5 Å². The molecule has 2 amide bonds. The van der Waals surface area contributed by atoms with Crippen LogP contribution in [0.2, 0.25) is 0 Å². The lowest BCUT2D eigenvalue weighted by molar-refractivity contribution is -0.147. The lowest BCUT2D eigenvalue weighted by Crippen LogP contribution is -2.22. The largest absolute Gasteiger partial charge is 0.456 e. The molecule has 6 nitrogen and oxygen atoms in total. The van der Waals surface area contributed by atoms with Crippen molar-refractivity contribution in [3.63, 3.8) is 0 Å². The van der Waals surface area contributed by atoms with Gasteiger partial charge in [-0.15, -0.1) is 22.7 Å². The summed E-state index contributed by atoms with van der Waals surface area (Å²) >= 11 is 2.74. The molecule has 2 aromatic heterocycles. The van der Waals surface area contributed by atoms with E-state index in [0.717, 1.165) is 4.88 Å². The van der Waals surface area contributed by atoms with Gasteiger partial charge in [0.15, 0.2) is 6.61 Å². The van der Waals surface area contributed by atoms with Crippen molar-refractivity contribution >= 4 is 45.5 Å². The number of thiophene rings is 2. The first-order valence-electron chi connectivity index (χ1n) is 6.41. The molecular weight excluding hydrogens is 324 g/mol. The summed E-state index contributed by atoms with van der Waals surface area (Å²) in [7, 11) is 0. The van der Waals surface area contributed by atoms with Crippen LogP contribution in [0.1, 0.15) is 21.7 Å². The normalized spacial score (nSPS) is 10.2. The lowest BCUT2D eigenvalue weighted by atomic mass is 10.3. The number of ether oxygens (including phenoxy) is 1. The molecule has 0 fully saturated rings. The van der Waals surface area contributed by atoms with Gasteiger partial charge in [-0.2, -0.15) is 0 Å². The van der Waals surface area contributed by atoms with Crippen LogP contribution in [0.25, 0.3) is 0 Å². The number of nitrogens with two attached hydrogens (primary N) is 1. The van der Waals surface area contributed by atoms with Crippen molar-refractivity contribution in [2.24, 2.45) is 5.73 Å². The van der Waals surface area contributed by atoms with Crippen molar-refractivity contribution in [2.75, 3.05) is 11.9 Å². The third-order valence-electron chi connectivity index (χ3n) is 2.70. The summed E-state index contributed by atoms with van der Waals surface area (Å²) in [5.41, 5.74) is 5.41. The molecule has 0 aromatic carbocycles. The summed E-state index contributed by atoms with van der Waals surface area (Å²) in [4.78, 5) is 35.5. The van der Waals surface area contributed by atoms with E-state index in [2.05, 4.69) is 5.32 Å². The van der Waals surface area contributed by atoms with Crippen molar-refractivity contribution < 1.29 is 19.1 Å². The standard InChI is InChI=1S/C14H14N2O4S2/c15-13(19)10-5-7-22-14(10)16-11(17)8-20-12(18)4-3-9-2-1-6-21-9/h1-2,5-7H,3-4,8H2,(H2,15,19)(H,16,17). The Bertz CT molecular complexity index is 664. The molecule has 0 radical (unpaired) electrons. The average Bonchev–Trinajstić information content (AvgIpc) is 3.14. The molecule has 116 valence electrons. The van der Waals surface area contributed by atoms with E-state index >= 15 is 0 Å². The predicted octanol–water partition coefficient (Wildman–Crippen LogP) is 2.02. The van der Waals surface area contributed by atoms with E-state index in [1.165, 1.54) is 17.4 Å². The van der Waals surface area contributed by atoms with E-state index in [0.29, 0.717) is 11.4 Å². The second-order valence-corrected chi connectivity index (χ2v) is 6.26. The number of anilines is 1. The highest BCUT2D eigenvalue weighted by molar-refractivity contribution is 7.14. The van der Waals surface area contributed by atoms with Gasteiger partial charge in [0, 0.05) is 4.88 Å². The molecule has 0 aliphatic rings. The van der Waals surface area contributed by atoms with Gasteiger partial charge in [-0.25, -0.2) is 0 Å². The van der Waals surface area contributed by atoms with Gasteiger partial charge in [-0.1, -0.05) is 6.07 Å². The summed E-state index contributed by atoms with van der Waals surface area (Å²) < 4.78 is 4.89. The molecule has 0 bridgehead atoms. The van der Waals surface area contributed by atoms with Crippen LogP contribution >= 0.6 is 22.7 Å². The van der Waals surface area contributed by atoms with Crippen LogP contribution in [0, 0.1) is 0 Å². The third-order valence-corrected chi connectivity index (χ3v) is 4.47. The van der Waals surface area contributed by atoms with Crippen molar-refractivity contribution in [1.82, 2.24) is 0 Å². The predicted molar refractivity (Wildman–Crippen MR) is 85.1 cm³/mol. The maximum Gasteiger partial charge on any atom is 0.306 e. The SMILES string of the molecule is NC(=O)c1ccsc1NC(=O)COC(=O)CCc1cccs1. The van der Waals surface area contributed by atoms with Gasteiger partial charge in [-0.05, 0) is 29.3 Å². The molecule has 2 rings (SSSR count). The zero-order valence-electron chi connectivity index (χ0n) is 11.5. The number of carbonyl (C=O) groups excluding carboxylic acids is 3. The molecule has 2 heterocycles. The number of rotatable bonds is 7. The topological polar surface area (TPSA) is 98.5 Å². The molecule has 3 N–H and O–H groups in total. The summed E-state index contributed by atoms with van der Waals surface area (Å²) in [6.07, 6.45) is 0.814. The number of amides is 2. The van der Waals surface area contributed by atoms with E-state index in [9.17, 15) is 14.4 Å². The van der Waals surface area contributed by atoms with Gasteiger partial charge in [-0.3, -0.25) is 14.4 Å². The first-order valence-corrected chi connectivity index (χ1v) is 8.17. The highest BCUT2D eigenvalue weighted by atomic mass is 32.1. The van der Waals surface area contributed by atoms with Crippen molar-refractivity contribution in [3.8, 4) is 0 Å². The lowest BCUT2D eigenvalue weighted by Gasteiger charge is -2.06. The number of esters is 1. The summed E-state index contributed by atoms with van der Waals surface area (Å²) in [5.74, 6) is -1.57. The van der Waals surface area contributed by atoms with Gasteiger partial charge in [0.1, 0.15) is 5.00 Å². The number of carbonyl (C=O) groups is 3. The fourth-order valence-corrected chi connectivity index (χ4v) is 3.18. The fraction of sp³-hybridized carbons (Fsp3) is 0.214. The molecule has 0 unspecified atom stereocenters. The van der Waals surface area contributed by atoms with Crippen LogP contribution in [0.4, 0.5) is 5.00 Å². The van der Waals surface area contributed by atoms with Crippen LogP contribution in [0.15, 0.2) is 29.0 Å². The molecule has 0 aliphatic heterocycles. The molecule has 2 aromatic rings. The molecule has 0 aliphatic carbocycles. The second-order valence-electron chi connectivity index (χ2n) is 4.32. The van der Waals surface area contributed by atoms with Crippen molar-refractivity contribution in [3.05, 3.63) is 39.4 Å². The van der Waals surface area contributed by atoms with Crippen molar-refractivity contribution in [1.29, 1.82) is 0 Å². The smallest absolute Gasteiger partial charge is 0.306 e. The van der Waals surface area contributed by atoms with Gasteiger partial charge in [0.25, 0.3) is 11.8 Å². The zero-order chi connectivity index (χ0) is 15.9. The maximum absolute atomic E-state index is 11.7. The highest BCUT2D eigenvalue weighted by Gasteiger charge is 2.14. The number of aryl methyl sites for hydroxylation is 1. The highest BCUT2D eigenvalue weighted by Crippen LogP contribution is 2.22. The van der Waals surface area contributed by atoms with Gasteiger partial charge in [0.2, 0.25) is 0 Å². The molecule has 8 heteroatoms. The summed E-state index contributed by atoms with van der Waals surface area (Å²) in [6, 6.07) is 5.37. The van der Waals surface area contributed by atoms with E-state index in [-0.39, 0.29) is 18.6 Å². The van der Waals surface area contributed by atoms with Crippen LogP contribution in [0.5, 0.6) is 0 Å². The van der Waals surface area contributed by atoms with Crippen LogP contribution in [-0.2, 0) is 20.7 Å². The van der Waals surface area contributed by atoms with Crippen LogP contribution in [0.3, 0.4) is 0 Å². The first-order chi connectivity index (χ1) is 10.6. The van der Waals surface area contributed by atoms with Crippen LogP contribution in [-0.4, -0.2) is 24.4 Å². The maximum atomic E-state index is 11.7. The molecule has 0 saturated carbocycles. The second kappa shape index (κ2) is 7.71. The Morgan fingerprint density at radius 2 is 2.00 bits per heavy atom. The quantitative estimate of drug-likeness (QED) is 0.755. The Balaban J connectivity index is 1.74. The van der Waals surface area contributed by atoms with Gasteiger partial charge < -0.3 is 15.8 Å². The molecule has 22 heavy (non-hydrogen) atoms. The summed E-state index contributed by atoms with van der Waals surface area (Å²) in [5, 5.41) is 6.43. The first kappa shape index (κ1) is 16.2. The number of hydrogen-bond donors (Lipinski definition) is 2. The zero-order valence-corrected chi connectivity index (χ0v) is 13.2. The van der Waals surface area contributed by atoms with E-state index in [1.807, 2.05) is 17.5 Å². The Morgan fingerprint density at radius 1 is 1.18 bits per heavy atom. The van der Waals surface area contributed by atoms with Gasteiger partial charge in [0.05, 0.1) is 12.0 Å². The summed E-state index contributed by atoms with van der Waals surface area (Å²) in [6.45, 7) is -0.390. The molecule has 0 saturated heterocycles. The Morgan fingerprint density at radius 3 is 2.68 bits per heavy atom. The van der Waals surface area contributed by atoms with Crippen molar-refractivity contribution in [2.45, 2.75) is 12.8 Å². The number of nitrogens with one attached hydrogen (secondary N) is 1. The number of primary amides is 1. The fourth-order valence-electron chi connectivity index (χ4n) is 1.66. The molecule has 0 spiro atoms. The Kier molecular flexibility index (Phi) is 5.68. The Hall–Kier alpha value is -2.19. The van der Waals surface area contributed by atoms with E-state index < -0.39 is 17.8 Å².